The molecule has 0 spiro atoms. The highest BCUT2D eigenvalue weighted by Crippen LogP contribution is 2.39. The topological polar surface area (TPSA) is 73.1 Å². The number of likely N-dealkylation sites (tertiary alicyclic amines) is 2. The van der Waals surface area contributed by atoms with Crippen LogP contribution in [0.15, 0.2) is 59.0 Å². The lowest BCUT2D eigenvalue weighted by atomic mass is 9.83. The summed E-state index contributed by atoms with van der Waals surface area (Å²) < 4.78 is 6.18. The maximum absolute atomic E-state index is 12.6. The van der Waals surface area contributed by atoms with Gasteiger partial charge >= 0.3 is 5.97 Å². The Morgan fingerprint density at radius 1 is 1.00 bits per heavy atom. The first-order valence-electron chi connectivity index (χ1n) is 16.0. The zero-order valence-corrected chi connectivity index (χ0v) is 24.5. The number of rotatable bonds is 10. The second-order valence-corrected chi connectivity index (χ2v) is 12.6. The van der Waals surface area contributed by atoms with E-state index in [1.807, 2.05) is 24.3 Å². The van der Waals surface area contributed by atoms with Crippen LogP contribution in [0.4, 0.5) is 6.01 Å². The third-order valence-corrected chi connectivity index (χ3v) is 9.92. The smallest absolute Gasteiger partial charge is 0.321 e. The summed E-state index contributed by atoms with van der Waals surface area (Å²) in [6, 6.07) is 19.7. The molecule has 7 heteroatoms. The van der Waals surface area contributed by atoms with Crippen molar-refractivity contribution in [1.82, 2.24) is 14.8 Å². The van der Waals surface area contributed by atoms with E-state index in [1.54, 1.807) is 0 Å². The van der Waals surface area contributed by atoms with Crippen LogP contribution in [-0.4, -0.2) is 77.2 Å². The highest BCUT2D eigenvalue weighted by molar-refractivity contribution is 5.74. The van der Waals surface area contributed by atoms with Crippen LogP contribution >= 0.6 is 0 Å². The van der Waals surface area contributed by atoms with Gasteiger partial charge in [0.25, 0.3) is 6.01 Å². The number of carboxylic acids is 1. The van der Waals surface area contributed by atoms with Crippen molar-refractivity contribution in [2.24, 2.45) is 11.8 Å². The molecular formula is C34H46N4O3. The molecule has 7 nitrogen and oxygen atoms in total. The minimum Gasteiger partial charge on any atom is -0.480 e. The molecule has 1 aromatic heterocycles. The summed E-state index contributed by atoms with van der Waals surface area (Å²) in [5.41, 5.74) is 3.13. The number of hydrogen-bond acceptors (Lipinski definition) is 6. The molecule has 2 aromatic carbocycles. The van der Waals surface area contributed by atoms with Crippen LogP contribution in [0.1, 0.15) is 69.8 Å². The second kappa shape index (κ2) is 13.0. The van der Waals surface area contributed by atoms with Gasteiger partial charge in [-0.05, 0) is 61.6 Å². The Morgan fingerprint density at radius 2 is 1.73 bits per heavy atom. The summed E-state index contributed by atoms with van der Waals surface area (Å²) in [7, 11) is 0. The molecule has 2 saturated heterocycles. The van der Waals surface area contributed by atoms with Crippen LogP contribution < -0.4 is 4.90 Å². The van der Waals surface area contributed by atoms with E-state index in [-0.39, 0.29) is 12.0 Å². The van der Waals surface area contributed by atoms with Crippen molar-refractivity contribution in [3.05, 3.63) is 60.2 Å². The summed E-state index contributed by atoms with van der Waals surface area (Å²) in [6.07, 6.45) is 8.92. The van der Waals surface area contributed by atoms with Gasteiger partial charge in [0.05, 0.1) is 0 Å². The van der Waals surface area contributed by atoms with E-state index in [0.717, 1.165) is 88.5 Å². The first-order chi connectivity index (χ1) is 20.1. The van der Waals surface area contributed by atoms with Gasteiger partial charge in [-0.15, -0.1) is 0 Å². The fourth-order valence-electron chi connectivity index (χ4n) is 7.90. The maximum atomic E-state index is 12.6. The molecule has 3 atom stereocenters. The number of anilines is 1. The standard InChI is InChI=1S/C34H46N4O3/c1-2-19-38(34-35-30-15-9-10-16-31(30)41-34)28-17-20-36(21-18-28)22-27-23-37(24-29(27)25-11-5-3-6-12-25)32(33(39)40)26-13-7-4-8-14-26/h3,5-6,9-12,15-16,26-29,32H,2,4,7-8,13-14,17-24H2,1H3,(H,39,40). The van der Waals surface area contributed by atoms with Crippen LogP contribution in [0.25, 0.3) is 11.1 Å². The molecule has 2 aliphatic heterocycles. The van der Waals surface area contributed by atoms with E-state index in [9.17, 15) is 9.90 Å². The molecule has 3 heterocycles. The van der Waals surface area contributed by atoms with Crippen molar-refractivity contribution in [2.45, 2.75) is 76.3 Å². The highest BCUT2D eigenvalue weighted by atomic mass is 16.4. The second-order valence-electron chi connectivity index (χ2n) is 12.6. The van der Waals surface area contributed by atoms with Gasteiger partial charge in [0.15, 0.2) is 5.58 Å². The average Bonchev–Trinajstić information content (AvgIpc) is 3.62. The minimum atomic E-state index is -0.625. The number of fused-ring (bicyclic) bond motifs is 1. The first kappa shape index (κ1) is 28.2. The van der Waals surface area contributed by atoms with E-state index in [4.69, 9.17) is 9.40 Å². The zero-order chi connectivity index (χ0) is 28.2. The minimum absolute atomic E-state index is 0.281. The Kier molecular flexibility index (Phi) is 8.92. The molecule has 41 heavy (non-hydrogen) atoms. The van der Waals surface area contributed by atoms with Crippen LogP contribution in [0.3, 0.4) is 0 Å². The summed E-state index contributed by atoms with van der Waals surface area (Å²) in [4.78, 5) is 24.8. The zero-order valence-electron chi connectivity index (χ0n) is 24.5. The van der Waals surface area contributed by atoms with Gasteiger partial charge in [-0.2, -0.15) is 4.98 Å². The third-order valence-electron chi connectivity index (χ3n) is 9.92. The molecular weight excluding hydrogens is 512 g/mol. The van der Waals surface area contributed by atoms with E-state index in [0.29, 0.717) is 17.9 Å². The van der Waals surface area contributed by atoms with Crippen molar-refractivity contribution < 1.29 is 14.3 Å². The third kappa shape index (κ3) is 6.31. The van der Waals surface area contributed by atoms with E-state index in [1.165, 1.54) is 24.8 Å². The number of para-hydroxylation sites is 2. The van der Waals surface area contributed by atoms with E-state index < -0.39 is 5.97 Å². The molecule has 3 fully saturated rings. The SMILES string of the molecule is CCCN(c1nc2ccccc2o1)C1CCN(CC2CN(C(C(=O)O)C3CCCCC3)CC2c2ccccc2)CC1. The van der Waals surface area contributed by atoms with Crippen molar-refractivity contribution in [3.63, 3.8) is 0 Å². The van der Waals surface area contributed by atoms with Gasteiger partial charge in [-0.25, -0.2) is 0 Å². The van der Waals surface area contributed by atoms with Crippen molar-refractivity contribution in [3.8, 4) is 0 Å². The summed E-state index contributed by atoms with van der Waals surface area (Å²) in [5.74, 6) is 0.461. The fourth-order valence-corrected chi connectivity index (χ4v) is 7.90. The number of nitrogens with zero attached hydrogens (tertiary/aromatic N) is 4. The molecule has 0 amide bonds. The molecule has 3 aromatic rings. The normalized spacial score (nSPS) is 24.1. The number of aliphatic carboxylic acids is 1. The lowest BCUT2D eigenvalue weighted by Gasteiger charge is -2.39. The maximum Gasteiger partial charge on any atom is 0.321 e. The van der Waals surface area contributed by atoms with Gasteiger partial charge in [0.2, 0.25) is 0 Å². The number of benzene rings is 2. The summed E-state index contributed by atoms with van der Waals surface area (Å²) in [5, 5.41) is 10.3. The lowest BCUT2D eigenvalue weighted by molar-refractivity contribution is -0.145. The van der Waals surface area contributed by atoms with E-state index in [2.05, 4.69) is 52.0 Å². The molecule has 1 saturated carbocycles. The molecule has 1 N–H and O–H groups in total. The molecule has 220 valence electrons. The Hall–Kier alpha value is -2.90. The Balaban J connectivity index is 1.14. The number of oxazole rings is 1. The Morgan fingerprint density at radius 3 is 2.44 bits per heavy atom. The van der Waals surface area contributed by atoms with Crippen molar-refractivity contribution in [2.75, 3.05) is 44.2 Å². The number of aromatic nitrogens is 1. The van der Waals surface area contributed by atoms with Gasteiger partial charge in [0.1, 0.15) is 11.6 Å². The Labute approximate surface area is 244 Å². The van der Waals surface area contributed by atoms with Gasteiger partial charge < -0.3 is 19.3 Å². The number of carbonyl (C=O) groups is 1. The number of carboxylic acid groups (broad SMARTS) is 1. The highest BCUT2D eigenvalue weighted by Gasteiger charge is 2.43. The number of hydrogen-bond donors (Lipinski definition) is 1. The number of piperidine rings is 1. The largest absolute Gasteiger partial charge is 0.480 e. The molecule has 1 aliphatic carbocycles. The van der Waals surface area contributed by atoms with Gasteiger partial charge in [-0.3, -0.25) is 9.69 Å². The van der Waals surface area contributed by atoms with Crippen LogP contribution in [0.2, 0.25) is 0 Å². The van der Waals surface area contributed by atoms with E-state index >= 15 is 0 Å². The Bertz CT molecular complexity index is 1230. The van der Waals surface area contributed by atoms with Crippen LogP contribution in [0.5, 0.6) is 0 Å². The van der Waals surface area contributed by atoms with Crippen molar-refractivity contribution in [1.29, 1.82) is 0 Å². The van der Waals surface area contributed by atoms with Gasteiger partial charge in [0, 0.05) is 51.2 Å². The van der Waals surface area contributed by atoms with Crippen LogP contribution in [-0.2, 0) is 4.79 Å². The summed E-state index contributed by atoms with van der Waals surface area (Å²) >= 11 is 0. The quantitative estimate of drug-likeness (QED) is 0.315. The van der Waals surface area contributed by atoms with Gasteiger partial charge in [-0.1, -0.05) is 68.7 Å². The summed E-state index contributed by atoms with van der Waals surface area (Å²) in [6.45, 7) is 8.01. The fraction of sp³-hybridized carbons (Fsp3) is 0.588. The first-order valence-corrected chi connectivity index (χ1v) is 16.0. The average molecular weight is 559 g/mol. The lowest BCUT2D eigenvalue weighted by Crippen LogP contribution is -2.48. The monoisotopic (exact) mass is 558 g/mol. The predicted molar refractivity (Wildman–Crippen MR) is 163 cm³/mol. The molecule has 3 unspecified atom stereocenters. The van der Waals surface area contributed by atoms with Crippen molar-refractivity contribution >= 4 is 23.1 Å². The molecule has 0 bridgehead atoms. The molecule has 3 aliphatic rings. The van der Waals surface area contributed by atoms with Crippen LogP contribution in [0, 0.1) is 11.8 Å². The molecule has 6 rings (SSSR count). The molecule has 0 radical (unpaired) electrons. The predicted octanol–water partition coefficient (Wildman–Crippen LogP) is 6.26.